The van der Waals surface area contributed by atoms with Crippen molar-refractivity contribution in [2.24, 2.45) is 0 Å². The summed E-state index contributed by atoms with van der Waals surface area (Å²) >= 11 is 0. The number of quaternary nitrogens is 1. The molecule has 0 bridgehead atoms. The molecular weight excluding hydrogens is 1110 g/mol. The predicted molar refractivity (Wildman–Crippen MR) is 381 cm³/mol. The van der Waals surface area contributed by atoms with E-state index >= 15 is 0 Å². The van der Waals surface area contributed by atoms with Crippen molar-refractivity contribution in [3.05, 3.63) is 36.5 Å². The summed E-state index contributed by atoms with van der Waals surface area (Å²) in [6.45, 7) is 4.50. The van der Waals surface area contributed by atoms with Gasteiger partial charge in [0, 0.05) is 12.8 Å². The Bertz CT molecular complexity index is 1580. The van der Waals surface area contributed by atoms with Gasteiger partial charge in [-0.3, -0.25) is 18.6 Å². The van der Waals surface area contributed by atoms with Crippen LogP contribution in [0.3, 0.4) is 0 Å². The minimum Gasteiger partial charge on any atom is -0.462 e. The minimum absolute atomic E-state index is 0.0350. The van der Waals surface area contributed by atoms with Gasteiger partial charge in [0.25, 0.3) is 0 Å². The zero-order valence-corrected chi connectivity index (χ0v) is 60.4. The normalized spacial score (nSPS) is 13.2. The molecular formula is C78H151NO8P+. The van der Waals surface area contributed by atoms with E-state index in [0.29, 0.717) is 23.9 Å². The maximum Gasteiger partial charge on any atom is 0.472 e. The molecule has 0 spiro atoms. The number of allylic oxidation sites excluding steroid dienone is 6. The molecule has 2 unspecified atom stereocenters. The van der Waals surface area contributed by atoms with Crippen molar-refractivity contribution in [2.45, 2.75) is 405 Å². The average molecular weight is 1260 g/mol. The quantitative estimate of drug-likeness (QED) is 0.0211. The van der Waals surface area contributed by atoms with Gasteiger partial charge in [-0.2, -0.15) is 0 Å². The second-order valence-corrected chi connectivity index (χ2v) is 29.2. The largest absolute Gasteiger partial charge is 0.472 e. The Kier molecular flexibility index (Phi) is 68.2. The van der Waals surface area contributed by atoms with Crippen molar-refractivity contribution >= 4 is 19.8 Å². The number of hydrogen-bond donors (Lipinski definition) is 1. The Balaban J connectivity index is 3.94. The van der Waals surface area contributed by atoms with Gasteiger partial charge >= 0.3 is 19.8 Å². The molecule has 88 heavy (non-hydrogen) atoms. The number of carbonyl (C=O) groups excluding carboxylic acids is 2. The summed E-state index contributed by atoms with van der Waals surface area (Å²) in [7, 11) is 1.50. The van der Waals surface area contributed by atoms with Crippen LogP contribution >= 0.6 is 7.82 Å². The van der Waals surface area contributed by atoms with Gasteiger partial charge in [-0.15, -0.1) is 0 Å². The fraction of sp³-hybridized carbons (Fsp3) is 0.897. The van der Waals surface area contributed by atoms with Gasteiger partial charge in [-0.05, 0) is 51.4 Å². The lowest BCUT2D eigenvalue weighted by Gasteiger charge is -2.24. The second-order valence-electron chi connectivity index (χ2n) is 27.8. The van der Waals surface area contributed by atoms with E-state index < -0.39 is 26.5 Å². The topological polar surface area (TPSA) is 108 Å². The smallest absolute Gasteiger partial charge is 0.462 e. The number of unbranched alkanes of at least 4 members (excludes halogenated alkanes) is 53. The fourth-order valence-electron chi connectivity index (χ4n) is 11.7. The van der Waals surface area contributed by atoms with Gasteiger partial charge in [0.2, 0.25) is 0 Å². The molecule has 0 aromatic carbocycles. The first-order chi connectivity index (χ1) is 43.0. The van der Waals surface area contributed by atoms with Crippen LogP contribution in [0, 0.1) is 0 Å². The Morgan fingerprint density at radius 2 is 0.614 bits per heavy atom. The first kappa shape index (κ1) is 86.2. The van der Waals surface area contributed by atoms with Gasteiger partial charge in [-0.25, -0.2) is 4.57 Å². The fourth-order valence-corrected chi connectivity index (χ4v) is 12.5. The van der Waals surface area contributed by atoms with Crippen LogP contribution in [-0.4, -0.2) is 74.9 Å². The summed E-state index contributed by atoms with van der Waals surface area (Å²) in [4.78, 5) is 36.0. The van der Waals surface area contributed by atoms with Crippen LogP contribution in [0.15, 0.2) is 36.5 Å². The average Bonchev–Trinajstić information content (AvgIpc) is 3.56. The highest BCUT2D eigenvalue weighted by molar-refractivity contribution is 7.47. The van der Waals surface area contributed by atoms with Crippen molar-refractivity contribution in [1.82, 2.24) is 0 Å². The third-order valence-corrected chi connectivity index (χ3v) is 18.7. The molecule has 1 N–H and O–H groups in total. The van der Waals surface area contributed by atoms with E-state index in [-0.39, 0.29) is 25.6 Å². The number of likely N-dealkylation sites (N-methyl/N-ethyl adjacent to an activating group) is 1. The summed E-state index contributed by atoms with van der Waals surface area (Å²) in [5, 5.41) is 0. The second kappa shape index (κ2) is 69.6. The summed E-state index contributed by atoms with van der Waals surface area (Å²) in [5.74, 6) is -0.772. The molecule has 0 heterocycles. The Labute approximate surface area is 548 Å². The van der Waals surface area contributed by atoms with Crippen LogP contribution in [0.4, 0.5) is 0 Å². The van der Waals surface area contributed by atoms with Crippen molar-refractivity contribution in [3.63, 3.8) is 0 Å². The lowest BCUT2D eigenvalue weighted by molar-refractivity contribution is -0.870. The highest BCUT2D eigenvalue weighted by atomic mass is 31.2. The standard InChI is InChI=1S/C78H150NO8P/c1-6-8-10-12-14-16-18-20-22-24-26-28-30-32-34-36-38-39-41-43-45-47-49-51-53-55-57-59-61-63-65-67-69-71-78(81)87-76(75-86-88(82,83)85-73-72-79(3,4)5)74-84-77(80)70-68-66-64-62-60-58-56-54-52-50-48-46-44-42-40-37-35-33-31-29-27-25-23-21-19-17-15-13-11-9-7-2/h18,20,24,26,30,32,76H,6-17,19,21-23,25,27-29,31,33-75H2,1-5H3/p+1/b20-18-,26-24-,32-30-. The Hall–Kier alpha value is -1.77. The van der Waals surface area contributed by atoms with E-state index in [9.17, 15) is 19.0 Å². The first-order valence-electron chi connectivity index (χ1n) is 38.7. The van der Waals surface area contributed by atoms with Crippen molar-refractivity contribution in [2.75, 3.05) is 47.5 Å². The molecule has 2 atom stereocenters. The summed E-state index contributed by atoms with van der Waals surface area (Å²) in [5.41, 5.74) is 0. The highest BCUT2D eigenvalue weighted by Crippen LogP contribution is 2.43. The molecule has 520 valence electrons. The number of esters is 2. The maximum atomic E-state index is 12.9. The molecule has 10 heteroatoms. The van der Waals surface area contributed by atoms with Crippen LogP contribution in [-0.2, 0) is 32.7 Å². The van der Waals surface area contributed by atoms with E-state index in [0.717, 1.165) is 44.9 Å². The summed E-state index contributed by atoms with van der Waals surface area (Å²) in [6, 6.07) is 0. The predicted octanol–water partition coefficient (Wildman–Crippen LogP) is 25.4. The molecule has 0 fully saturated rings. The minimum atomic E-state index is -4.39. The SMILES string of the molecule is CCCCCCC/C=C\C/C=C\C/C=C\CCCCCCCCCCCCCCCCCCCCC(=O)OC(COC(=O)CCCCCCCCCCCCCCCCCCCCCCCCCCCCCCCCC)COP(=O)(O)OCC[N+](C)(C)C. The lowest BCUT2D eigenvalue weighted by Crippen LogP contribution is -2.37. The zero-order valence-electron chi connectivity index (χ0n) is 59.5. The van der Waals surface area contributed by atoms with E-state index in [1.54, 1.807) is 0 Å². The number of hydrogen-bond acceptors (Lipinski definition) is 7. The van der Waals surface area contributed by atoms with E-state index in [1.807, 2.05) is 21.1 Å². The summed E-state index contributed by atoms with van der Waals surface area (Å²) in [6.07, 6.45) is 90.0. The van der Waals surface area contributed by atoms with Crippen LogP contribution in [0.25, 0.3) is 0 Å². The third-order valence-electron chi connectivity index (χ3n) is 17.7. The maximum absolute atomic E-state index is 12.9. The molecule has 9 nitrogen and oxygen atoms in total. The summed E-state index contributed by atoms with van der Waals surface area (Å²) < 4.78 is 34.8. The van der Waals surface area contributed by atoms with Crippen molar-refractivity contribution in [3.8, 4) is 0 Å². The van der Waals surface area contributed by atoms with Crippen molar-refractivity contribution < 1.29 is 42.1 Å². The van der Waals surface area contributed by atoms with Crippen molar-refractivity contribution in [1.29, 1.82) is 0 Å². The third kappa shape index (κ3) is 73.3. The molecule has 0 aliphatic carbocycles. The molecule has 0 aromatic rings. The van der Waals surface area contributed by atoms with Gasteiger partial charge in [0.05, 0.1) is 27.7 Å². The first-order valence-corrected chi connectivity index (χ1v) is 40.2. The zero-order chi connectivity index (χ0) is 64.1. The lowest BCUT2D eigenvalue weighted by atomic mass is 10.0. The molecule has 0 rings (SSSR count). The van der Waals surface area contributed by atoms with Gasteiger partial charge < -0.3 is 18.9 Å². The number of rotatable bonds is 73. The molecule has 0 aromatic heterocycles. The molecule has 0 saturated heterocycles. The number of ether oxygens (including phenoxy) is 2. The van der Waals surface area contributed by atoms with E-state index in [4.69, 9.17) is 18.5 Å². The molecule has 0 radical (unpaired) electrons. The van der Waals surface area contributed by atoms with Crippen LogP contribution in [0.2, 0.25) is 0 Å². The molecule has 0 saturated carbocycles. The van der Waals surface area contributed by atoms with Crippen LogP contribution in [0.1, 0.15) is 399 Å². The van der Waals surface area contributed by atoms with Gasteiger partial charge in [0.15, 0.2) is 6.10 Å². The highest BCUT2D eigenvalue weighted by Gasteiger charge is 2.27. The van der Waals surface area contributed by atoms with E-state index in [1.165, 1.54) is 321 Å². The number of carbonyl (C=O) groups is 2. The van der Waals surface area contributed by atoms with E-state index in [2.05, 4.69) is 50.3 Å². The van der Waals surface area contributed by atoms with Gasteiger partial charge in [-0.1, -0.05) is 371 Å². The number of nitrogens with zero attached hydrogens (tertiary/aromatic N) is 1. The Morgan fingerprint density at radius 1 is 0.352 bits per heavy atom. The Morgan fingerprint density at radius 3 is 0.909 bits per heavy atom. The molecule has 0 aliphatic heterocycles. The number of phosphoric acid groups is 1. The molecule has 0 amide bonds. The van der Waals surface area contributed by atoms with Crippen LogP contribution < -0.4 is 0 Å². The monoisotopic (exact) mass is 1260 g/mol. The van der Waals surface area contributed by atoms with Crippen LogP contribution in [0.5, 0.6) is 0 Å². The van der Waals surface area contributed by atoms with Gasteiger partial charge in [0.1, 0.15) is 19.8 Å². The number of phosphoric ester groups is 1. The molecule has 0 aliphatic rings.